The fourth-order valence-corrected chi connectivity index (χ4v) is 4.65. The highest BCUT2D eigenvalue weighted by Crippen LogP contribution is 2.28. The van der Waals surface area contributed by atoms with E-state index in [9.17, 15) is 9.90 Å². The van der Waals surface area contributed by atoms with Gasteiger partial charge in [0.2, 0.25) is 0 Å². The van der Waals surface area contributed by atoms with E-state index in [0.717, 1.165) is 80.0 Å². The van der Waals surface area contributed by atoms with Gasteiger partial charge in [0.1, 0.15) is 11.3 Å². The second-order valence-corrected chi connectivity index (χ2v) is 9.84. The fraction of sp³-hybridized carbons (Fsp3) is 0.480. The number of aromatic hydroxyl groups is 1. The van der Waals surface area contributed by atoms with E-state index >= 15 is 0 Å². The quantitative estimate of drug-likeness (QED) is 0.291. The first-order valence-electron chi connectivity index (χ1n) is 11.1. The maximum absolute atomic E-state index is 11.6. The Morgan fingerprint density at radius 1 is 1.06 bits per heavy atom. The lowest BCUT2D eigenvalue weighted by atomic mass is 9.87. The van der Waals surface area contributed by atoms with E-state index in [4.69, 9.17) is 4.74 Å². The summed E-state index contributed by atoms with van der Waals surface area (Å²) < 4.78 is 6.65. The first-order chi connectivity index (χ1) is 14.9. The Balaban J connectivity index is 0.00000363. The molecule has 0 spiro atoms. The van der Waals surface area contributed by atoms with Crippen LogP contribution < -0.4 is 10.2 Å². The van der Waals surface area contributed by atoms with Gasteiger partial charge in [0.25, 0.3) is 0 Å². The SMILES string of the molecule is CC(C)(CCCCOCCc1ccccc1)CNCCc1ccc(O)c2[nH]c(=O)sc12.Cl. The monoisotopic (exact) mass is 478 g/mol. The molecule has 5 nitrogen and oxygen atoms in total. The minimum atomic E-state index is -0.129. The number of nitrogens with one attached hydrogen (secondary N) is 2. The molecule has 7 heteroatoms. The van der Waals surface area contributed by atoms with E-state index in [-0.39, 0.29) is 28.4 Å². The van der Waals surface area contributed by atoms with Crippen molar-refractivity contribution in [2.45, 2.75) is 46.0 Å². The lowest BCUT2D eigenvalue weighted by Gasteiger charge is -2.25. The van der Waals surface area contributed by atoms with Crippen molar-refractivity contribution in [2.24, 2.45) is 5.41 Å². The zero-order valence-electron chi connectivity index (χ0n) is 19.0. The summed E-state index contributed by atoms with van der Waals surface area (Å²) >= 11 is 1.16. The third-order valence-electron chi connectivity index (χ3n) is 5.58. The first-order valence-corrected chi connectivity index (χ1v) is 11.9. The number of phenolic OH excluding ortho intramolecular Hbond substituents is 1. The minimum absolute atomic E-state index is 0. The number of thiazole rings is 1. The van der Waals surface area contributed by atoms with Crippen LogP contribution in [-0.4, -0.2) is 36.4 Å². The van der Waals surface area contributed by atoms with Crippen LogP contribution >= 0.6 is 23.7 Å². The van der Waals surface area contributed by atoms with Gasteiger partial charge in [0.15, 0.2) is 0 Å². The Bertz CT molecular complexity index is 1000. The van der Waals surface area contributed by atoms with Crippen LogP contribution in [-0.2, 0) is 17.6 Å². The summed E-state index contributed by atoms with van der Waals surface area (Å²) in [5, 5.41) is 13.5. The predicted octanol–water partition coefficient (Wildman–Crippen LogP) is 5.30. The Hall–Kier alpha value is -1.86. The average molecular weight is 479 g/mol. The van der Waals surface area contributed by atoms with Crippen LogP contribution in [0.15, 0.2) is 47.3 Å². The molecule has 176 valence electrons. The molecule has 0 aliphatic carbocycles. The first kappa shape index (κ1) is 26.4. The number of benzene rings is 2. The molecule has 0 amide bonds. The lowest BCUT2D eigenvalue weighted by molar-refractivity contribution is 0.129. The van der Waals surface area contributed by atoms with Gasteiger partial charge in [-0.3, -0.25) is 4.79 Å². The zero-order valence-corrected chi connectivity index (χ0v) is 20.6. The molecule has 3 aromatic rings. The molecule has 3 rings (SSSR count). The Morgan fingerprint density at radius 2 is 1.84 bits per heavy atom. The van der Waals surface area contributed by atoms with E-state index < -0.39 is 0 Å². The molecule has 0 atom stereocenters. The highest BCUT2D eigenvalue weighted by molar-refractivity contribution is 7.16. The van der Waals surface area contributed by atoms with Gasteiger partial charge in [-0.05, 0) is 54.8 Å². The smallest absolute Gasteiger partial charge is 0.305 e. The molecule has 0 fully saturated rings. The molecule has 0 aliphatic rings. The van der Waals surface area contributed by atoms with E-state index in [2.05, 4.69) is 48.4 Å². The number of hydrogen-bond acceptors (Lipinski definition) is 5. The number of aromatic amines is 1. The molecule has 0 bridgehead atoms. The maximum Gasteiger partial charge on any atom is 0.305 e. The number of aromatic nitrogens is 1. The number of H-pyrrole nitrogens is 1. The summed E-state index contributed by atoms with van der Waals surface area (Å²) in [6, 6.07) is 14.0. The highest BCUT2D eigenvalue weighted by atomic mass is 35.5. The molecular formula is C25H35ClN2O3S. The lowest BCUT2D eigenvalue weighted by Crippen LogP contribution is -2.30. The number of fused-ring (bicyclic) bond motifs is 1. The van der Waals surface area contributed by atoms with Crippen LogP contribution in [0.25, 0.3) is 10.2 Å². The van der Waals surface area contributed by atoms with Crippen LogP contribution in [0.4, 0.5) is 0 Å². The Labute approximate surface area is 200 Å². The fourth-order valence-electron chi connectivity index (χ4n) is 3.75. The minimum Gasteiger partial charge on any atom is -0.506 e. The van der Waals surface area contributed by atoms with Gasteiger partial charge in [-0.1, -0.05) is 68.0 Å². The average Bonchev–Trinajstić information content (AvgIpc) is 3.15. The van der Waals surface area contributed by atoms with Crippen molar-refractivity contribution in [2.75, 3.05) is 26.3 Å². The van der Waals surface area contributed by atoms with Crippen LogP contribution in [0.5, 0.6) is 5.75 Å². The standard InChI is InChI=1S/C25H34N2O3S.ClH/c1-25(2,14-6-7-16-30-17-13-19-8-4-3-5-9-19)18-26-15-12-20-10-11-21(28)22-23(20)31-24(29)27-22;/h3-5,8-11,26,28H,6-7,12-18H2,1-2H3,(H,27,29);1H. The molecule has 32 heavy (non-hydrogen) atoms. The van der Waals surface area contributed by atoms with E-state index in [1.807, 2.05) is 12.1 Å². The van der Waals surface area contributed by atoms with Crippen LogP contribution in [0, 0.1) is 5.41 Å². The van der Waals surface area contributed by atoms with Gasteiger partial charge in [0.05, 0.1) is 11.3 Å². The molecule has 2 aromatic carbocycles. The molecule has 0 unspecified atom stereocenters. The van der Waals surface area contributed by atoms with Crippen molar-refractivity contribution in [1.82, 2.24) is 10.3 Å². The summed E-state index contributed by atoms with van der Waals surface area (Å²) in [7, 11) is 0. The predicted molar refractivity (Wildman–Crippen MR) is 137 cm³/mol. The number of hydrogen-bond donors (Lipinski definition) is 3. The van der Waals surface area contributed by atoms with Crippen LogP contribution in [0.2, 0.25) is 0 Å². The molecule has 3 N–H and O–H groups in total. The number of rotatable bonds is 13. The van der Waals surface area contributed by atoms with Crippen molar-refractivity contribution in [3.63, 3.8) is 0 Å². The molecule has 1 heterocycles. The number of ether oxygens (including phenoxy) is 1. The van der Waals surface area contributed by atoms with E-state index in [0.29, 0.717) is 5.52 Å². The number of halogens is 1. The molecule has 0 saturated heterocycles. The Kier molecular flexibility index (Phi) is 10.7. The number of unbranched alkanes of at least 4 members (excludes halogenated alkanes) is 1. The van der Waals surface area contributed by atoms with Crippen LogP contribution in [0.1, 0.15) is 44.2 Å². The topological polar surface area (TPSA) is 74.3 Å². The van der Waals surface area contributed by atoms with Crippen LogP contribution in [0.3, 0.4) is 0 Å². The van der Waals surface area contributed by atoms with Crippen molar-refractivity contribution in [3.05, 3.63) is 63.3 Å². The van der Waals surface area contributed by atoms with Gasteiger partial charge in [0, 0.05) is 13.2 Å². The molecule has 0 radical (unpaired) electrons. The summed E-state index contributed by atoms with van der Waals surface area (Å²) in [4.78, 5) is 14.2. The van der Waals surface area contributed by atoms with E-state index in [1.54, 1.807) is 6.07 Å². The molecular weight excluding hydrogens is 444 g/mol. The second kappa shape index (κ2) is 13.0. The van der Waals surface area contributed by atoms with Gasteiger partial charge in [-0.2, -0.15) is 0 Å². The molecule has 0 aliphatic heterocycles. The second-order valence-electron chi connectivity index (χ2n) is 8.86. The van der Waals surface area contributed by atoms with Crippen molar-refractivity contribution >= 4 is 34.0 Å². The normalized spacial score (nSPS) is 11.6. The number of phenols is 1. The molecule has 0 saturated carbocycles. The largest absolute Gasteiger partial charge is 0.506 e. The highest BCUT2D eigenvalue weighted by Gasteiger charge is 2.17. The van der Waals surface area contributed by atoms with Gasteiger partial charge >= 0.3 is 4.87 Å². The summed E-state index contributed by atoms with van der Waals surface area (Å²) in [5.74, 6) is 0.134. The van der Waals surface area contributed by atoms with Gasteiger partial charge in [-0.25, -0.2) is 0 Å². The van der Waals surface area contributed by atoms with Gasteiger partial charge in [-0.15, -0.1) is 12.4 Å². The zero-order chi connectivity index (χ0) is 22.1. The Morgan fingerprint density at radius 3 is 2.62 bits per heavy atom. The summed E-state index contributed by atoms with van der Waals surface area (Å²) in [6.07, 6.45) is 5.22. The molecule has 1 aromatic heterocycles. The van der Waals surface area contributed by atoms with Crippen molar-refractivity contribution < 1.29 is 9.84 Å². The third-order valence-corrected chi connectivity index (χ3v) is 6.54. The third kappa shape index (κ3) is 8.24. The van der Waals surface area contributed by atoms with Gasteiger partial charge < -0.3 is 20.1 Å². The van der Waals surface area contributed by atoms with E-state index in [1.165, 1.54) is 5.56 Å². The van der Waals surface area contributed by atoms with Crippen molar-refractivity contribution in [3.8, 4) is 5.75 Å². The maximum atomic E-state index is 11.6. The summed E-state index contributed by atoms with van der Waals surface area (Å²) in [6.45, 7) is 8.01. The summed E-state index contributed by atoms with van der Waals surface area (Å²) in [5.41, 5.74) is 3.20. The van der Waals surface area contributed by atoms with Crippen molar-refractivity contribution in [1.29, 1.82) is 0 Å².